The summed E-state index contributed by atoms with van der Waals surface area (Å²) in [4.78, 5) is 13.9. The lowest BCUT2D eigenvalue weighted by molar-refractivity contribution is -0.127. The van der Waals surface area contributed by atoms with E-state index in [4.69, 9.17) is 0 Å². The smallest absolute Gasteiger partial charge is 0.238 e. The van der Waals surface area contributed by atoms with Crippen LogP contribution in [0.25, 0.3) is 0 Å². The van der Waals surface area contributed by atoms with Gasteiger partial charge in [0.15, 0.2) is 0 Å². The van der Waals surface area contributed by atoms with Crippen molar-refractivity contribution in [3.8, 4) is 0 Å². The average molecular weight is 199 g/mol. The van der Waals surface area contributed by atoms with Crippen molar-refractivity contribution in [2.75, 3.05) is 26.7 Å². The van der Waals surface area contributed by atoms with Crippen LogP contribution in [-0.4, -0.2) is 49.6 Å². The quantitative estimate of drug-likeness (QED) is 0.662. The molecule has 0 bridgehead atoms. The molecule has 4 heteroatoms. The molecule has 14 heavy (non-hydrogen) atoms. The average Bonchev–Trinajstić information content (AvgIpc) is 2.18. The maximum Gasteiger partial charge on any atom is 0.238 e. The summed E-state index contributed by atoms with van der Waals surface area (Å²) in [6.45, 7) is 6.79. The maximum atomic E-state index is 11.8. The van der Waals surface area contributed by atoms with Gasteiger partial charge in [-0.15, -0.1) is 0 Å². The first-order valence-electron chi connectivity index (χ1n) is 5.36. The molecule has 0 spiro atoms. The Morgan fingerprint density at radius 3 is 3.00 bits per heavy atom. The van der Waals surface area contributed by atoms with Gasteiger partial charge in [0.1, 0.15) is 6.04 Å². The van der Waals surface area contributed by atoms with Crippen molar-refractivity contribution in [3.63, 3.8) is 0 Å². The fourth-order valence-corrected chi connectivity index (χ4v) is 1.54. The number of piperazine rings is 1. The second kappa shape index (κ2) is 5.32. The number of carbonyl (C=O) groups excluding carboxylic acids is 1. The third-order valence-corrected chi connectivity index (χ3v) is 2.81. The van der Waals surface area contributed by atoms with E-state index >= 15 is 0 Å². The van der Waals surface area contributed by atoms with Crippen molar-refractivity contribution < 1.29 is 4.79 Å². The van der Waals surface area contributed by atoms with Gasteiger partial charge in [0.2, 0.25) is 5.91 Å². The monoisotopic (exact) mass is 199 g/mol. The van der Waals surface area contributed by atoms with Crippen LogP contribution in [0.5, 0.6) is 0 Å². The molecule has 82 valence electrons. The van der Waals surface area contributed by atoms with E-state index in [2.05, 4.69) is 22.5 Å². The Hall–Kier alpha value is -0.610. The van der Waals surface area contributed by atoms with Crippen molar-refractivity contribution >= 4 is 5.91 Å². The summed E-state index contributed by atoms with van der Waals surface area (Å²) in [5, 5.41) is 6.24. The molecule has 1 saturated heterocycles. The van der Waals surface area contributed by atoms with E-state index in [0.717, 1.165) is 26.1 Å². The van der Waals surface area contributed by atoms with Gasteiger partial charge in [-0.1, -0.05) is 6.92 Å². The van der Waals surface area contributed by atoms with Crippen LogP contribution >= 0.6 is 0 Å². The fraction of sp³-hybridized carbons (Fsp3) is 0.900. The number of likely N-dealkylation sites (N-methyl/N-ethyl adjacent to an activating group) is 1. The minimum absolute atomic E-state index is 0.00208. The first-order valence-corrected chi connectivity index (χ1v) is 5.36. The van der Waals surface area contributed by atoms with Crippen LogP contribution in [-0.2, 0) is 4.79 Å². The molecule has 1 rings (SSSR count). The minimum atomic E-state index is -0.00208. The zero-order valence-electron chi connectivity index (χ0n) is 9.34. The predicted octanol–water partition coefficient (Wildman–Crippen LogP) is -0.195. The molecule has 2 unspecified atom stereocenters. The fourth-order valence-electron chi connectivity index (χ4n) is 1.54. The Morgan fingerprint density at radius 1 is 1.71 bits per heavy atom. The Morgan fingerprint density at radius 2 is 2.43 bits per heavy atom. The molecule has 0 saturated carbocycles. The van der Waals surface area contributed by atoms with Gasteiger partial charge >= 0.3 is 0 Å². The third-order valence-electron chi connectivity index (χ3n) is 2.81. The Labute approximate surface area is 86.0 Å². The topological polar surface area (TPSA) is 44.4 Å². The molecule has 2 atom stereocenters. The lowest BCUT2D eigenvalue weighted by Gasteiger charge is -2.32. The van der Waals surface area contributed by atoms with Crippen molar-refractivity contribution in [3.05, 3.63) is 0 Å². The molecule has 0 aromatic heterocycles. The summed E-state index contributed by atoms with van der Waals surface area (Å²) in [6, 6.07) is 0.274. The van der Waals surface area contributed by atoms with Gasteiger partial charge in [0.25, 0.3) is 0 Å². The summed E-state index contributed by atoms with van der Waals surface area (Å²) in [7, 11) is 2.00. The molecule has 1 aliphatic heterocycles. The van der Waals surface area contributed by atoms with Gasteiger partial charge < -0.3 is 10.6 Å². The van der Waals surface area contributed by atoms with Gasteiger partial charge in [-0.3, -0.25) is 9.69 Å². The zero-order chi connectivity index (χ0) is 10.6. The minimum Gasteiger partial charge on any atom is -0.352 e. The van der Waals surface area contributed by atoms with Crippen LogP contribution in [0.1, 0.15) is 20.3 Å². The summed E-state index contributed by atoms with van der Waals surface area (Å²) in [5.41, 5.74) is 0. The van der Waals surface area contributed by atoms with Crippen LogP contribution in [0.4, 0.5) is 0 Å². The Balaban J connectivity index is 2.42. The normalized spacial score (nSPS) is 25.8. The molecule has 0 aromatic carbocycles. The van der Waals surface area contributed by atoms with Crippen LogP contribution in [0.3, 0.4) is 0 Å². The molecule has 1 aliphatic rings. The second-order valence-electron chi connectivity index (χ2n) is 4.02. The number of amides is 1. The molecule has 0 aliphatic carbocycles. The van der Waals surface area contributed by atoms with Crippen LogP contribution < -0.4 is 10.6 Å². The number of rotatable bonds is 3. The van der Waals surface area contributed by atoms with Crippen molar-refractivity contribution in [2.45, 2.75) is 32.4 Å². The van der Waals surface area contributed by atoms with Gasteiger partial charge in [-0.2, -0.15) is 0 Å². The highest BCUT2D eigenvalue weighted by Gasteiger charge is 2.25. The van der Waals surface area contributed by atoms with Crippen LogP contribution in [0, 0.1) is 0 Å². The van der Waals surface area contributed by atoms with E-state index in [1.165, 1.54) is 0 Å². The maximum absolute atomic E-state index is 11.8. The van der Waals surface area contributed by atoms with Crippen molar-refractivity contribution in [1.82, 2.24) is 15.5 Å². The van der Waals surface area contributed by atoms with Gasteiger partial charge in [0, 0.05) is 25.7 Å². The van der Waals surface area contributed by atoms with E-state index in [-0.39, 0.29) is 18.0 Å². The molecular weight excluding hydrogens is 178 g/mol. The van der Waals surface area contributed by atoms with Gasteiger partial charge in [0.05, 0.1) is 0 Å². The molecular formula is C10H21N3O. The number of hydrogen-bond donors (Lipinski definition) is 2. The lowest BCUT2D eigenvalue weighted by atomic mass is 10.1. The summed E-state index contributed by atoms with van der Waals surface area (Å²) < 4.78 is 0. The van der Waals surface area contributed by atoms with E-state index < -0.39 is 0 Å². The highest BCUT2D eigenvalue weighted by molar-refractivity contribution is 5.82. The number of nitrogens with zero attached hydrogens (tertiary/aromatic N) is 1. The van der Waals surface area contributed by atoms with E-state index in [1.807, 2.05) is 14.0 Å². The van der Waals surface area contributed by atoms with E-state index in [0.29, 0.717) is 0 Å². The largest absolute Gasteiger partial charge is 0.352 e. The summed E-state index contributed by atoms with van der Waals surface area (Å²) in [5.74, 6) is 0.147. The number of hydrogen-bond acceptors (Lipinski definition) is 3. The van der Waals surface area contributed by atoms with Crippen LogP contribution in [0.15, 0.2) is 0 Å². The second-order valence-corrected chi connectivity index (χ2v) is 4.02. The van der Waals surface area contributed by atoms with E-state index in [9.17, 15) is 4.79 Å². The molecule has 4 nitrogen and oxygen atoms in total. The molecule has 1 amide bonds. The zero-order valence-corrected chi connectivity index (χ0v) is 9.34. The molecule has 1 heterocycles. The number of carbonyl (C=O) groups is 1. The van der Waals surface area contributed by atoms with Crippen LogP contribution in [0.2, 0.25) is 0 Å². The summed E-state index contributed by atoms with van der Waals surface area (Å²) in [6.07, 6.45) is 0.982. The van der Waals surface area contributed by atoms with Crippen molar-refractivity contribution in [1.29, 1.82) is 0 Å². The highest BCUT2D eigenvalue weighted by atomic mass is 16.2. The standard InChI is InChI=1S/C10H21N3O/c1-4-8(2)12-10(14)9-7-11-5-6-13(9)3/h8-9,11H,4-7H2,1-3H3,(H,12,14). The Kier molecular flexibility index (Phi) is 4.35. The lowest BCUT2D eigenvalue weighted by Crippen LogP contribution is -2.57. The summed E-state index contributed by atoms with van der Waals surface area (Å²) >= 11 is 0. The SMILES string of the molecule is CCC(C)NC(=O)C1CNCCN1C. The molecule has 0 radical (unpaired) electrons. The van der Waals surface area contributed by atoms with Crippen molar-refractivity contribution in [2.24, 2.45) is 0 Å². The molecule has 0 aromatic rings. The third kappa shape index (κ3) is 2.96. The first kappa shape index (κ1) is 11.5. The first-order chi connectivity index (χ1) is 6.65. The van der Waals surface area contributed by atoms with Gasteiger partial charge in [-0.25, -0.2) is 0 Å². The molecule has 1 fully saturated rings. The van der Waals surface area contributed by atoms with E-state index in [1.54, 1.807) is 0 Å². The molecule has 2 N–H and O–H groups in total. The van der Waals surface area contributed by atoms with Gasteiger partial charge in [-0.05, 0) is 20.4 Å². The number of nitrogens with one attached hydrogen (secondary N) is 2. The highest BCUT2D eigenvalue weighted by Crippen LogP contribution is 2.01. The Bertz CT molecular complexity index is 196. The predicted molar refractivity (Wildman–Crippen MR) is 57.2 cm³/mol.